The second kappa shape index (κ2) is 3.86. The van der Waals surface area contributed by atoms with Gasteiger partial charge < -0.3 is 5.32 Å². The fraction of sp³-hybridized carbons (Fsp3) is 0.533. The van der Waals surface area contributed by atoms with Crippen LogP contribution in [0.25, 0.3) is 0 Å². The van der Waals surface area contributed by atoms with Crippen LogP contribution >= 0.6 is 0 Å². The average molecular weight is 231 g/mol. The number of aryl methyl sites for hydroxylation is 1. The van der Waals surface area contributed by atoms with Crippen LogP contribution in [0.1, 0.15) is 61.5 Å². The van der Waals surface area contributed by atoms with Crippen molar-refractivity contribution in [2.24, 2.45) is 0 Å². The van der Waals surface area contributed by atoms with Crippen LogP contribution in [0.3, 0.4) is 0 Å². The molecule has 1 N–H and O–H groups in total. The molecule has 0 unspecified atom stereocenters. The molecule has 2 rings (SSSR count). The first-order chi connectivity index (χ1) is 7.80. The van der Waals surface area contributed by atoms with Crippen LogP contribution in [0.2, 0.25) is 0 Å². The van der Waals surface area contributed by atoms with Gasteiger partial charge >= 0.3 is 0 Å². The van der Waals surface area contributed by atoms with Crippen LogP contribution in [-0.4, -0.2) is 11.3 Å². The van der Waals surface area contributed by atoms with Crippen LogP contribution in [0.5, 0.6) is 0 Å². The van der Waals surface area contributed by atoms with E-state index in [0.29, 0.717) is 5.92 Å². The van der Waals surface area contributed by atoms with Crippen LogP contribution in [0.4, 0.5) is 5.69 Å². The smallest absolute Gasteiger partial charge is 0.160 e. The topological polar surface area (TPSA) is 29.1 Å². The number of benzene rings is 1. The lowest BCUT2D eigenvalue weighted by atomic mass is 9.80. The van der Waals surface area contributed by atoms with Gasteiger partial charge in [-0.15, -0.1) is 0 Å². The minimum absolute atomic E-state index is 0.136. The van der Waals surface area contributed by atoms with Crippen molar-refractivity contribution in [3.63, 3.8) is 0 Å². The van der Waals surface area contributed by atoms with E-state index in [1.165, 1.54) is 11.3 Å². The third-order valence-electron chi connectivity index (χ3n) is 3.60. The van der Waals surface area contributed by atoms with Crippen molar-refractivity contribution < 1.29 is 4.79 Å². The Labute approximate surface area is 103 Å². The summed E-state index contributed by atoms with van der Waals surface area (Å²) >= 11 is 0. The molecule has 0 fully saturated rings. The Morgan fingerprint density at radius 3 is 2.65 bits per heavy atom. The number of ketones is 1. The third-order valence-corrected chi connectivity index (χ3v) is 3.60. The molecule has 1 aliphatic rings. The van der Waals surface area contributed by atoms with Gasteiger partial charge in [0, 0.05) is 16.8 Å². The number of anilines is 1. The van der Waals surface area contributed by atoms with Crippen molar-refractivity contribution >= 4 is 11.5 Å². The zero-order valence-corrected chi connectivity index (χ0v) is 11.3. The minimum atomic E-state index is 0.136. The van der Waals surface area contributed by atoms with Gasteiger partial charge in [0.1, 0.15) is 0 Å². The number of carbonyl (C=O) groups excluding carboxylic acids is 1. The number of carbonyl (C=O) groups is 1. The molecular weight excluding hydrogens is 210 g/mol. The van der Waals surface area contributed by atoms with Crippen LogP contribution < -0.4 is 5.32 Å². The summed E-state index contributed by atoms with van der Waals surface area (Å²) in [5, 5.41) is 3.56. The van der Waals surface area contributed by atoms with Crippen LogP contribution in [-0.2, 0) is 0 Å². The molecule has 0 spiro atoms. The molecule has 0 amide bonds. The molecule has 1 aromatic carbocycles. The van der Waals surface area contributed by atoms with Gasteiger partial charge in [0.2, 0.25) is 0 Å². The van der Waals surface area contributed by atoms with E-state index in [2.05, 4.69) is 38.2 Å². The van der Waals surface area contributed by atoms with Gasteiger partial charge in [-0.05, 0) is 63.3 Å². The van der Waals surface area contributed by atoms with Crippen LogP contribution in [0, 0.1) is 6.92 Å². The Morgan fingerprint density at radius 2 is 2.06 bits per heavy atom. The maximum atomic E-state index is 11.6. The Balaban J connectivity index is 2.54. The Hall–Kier alpha value is -1.31. The molecule has 1 aromatic rings. The molecule has 0 saturated carbocycles. The molecule has 1 aliphatic heterocycles. The summed E-state index contributed by atoms with van der Waals surface area (Å²) < 4.78 is 0. The lowest BCUT2D eigenvalue weighted by Crippen LogP contribution is -2.36. The Kier molecular flexibility index (Phi) is 2.76. The van der Waals surface area contributed by atoms with E-state index in [4.69, 9.17) is 0 Å². The van der Waals surface area contributed by atoms with E-state index < -0.39 is 0 Å². The number of nitrogens with one attached hydrogen (secondary N) is 1. The molecule has 17 heavy (non-hydrogen) atoms. The first kappa shape index (κ1) is 12.2. The van der Waals surface area contributed by atoms with E-state index in [-0.39, 0.29) is 11.3 Å². The highest BCUT2D eigenvalue weighted by atomic mass is 16.1. The minimum Gasteiger partial charge on any atom is -0.380 e. The Morgan fingerprint density at radius 1 is 1.41 bits per heavy atom. The van der Waals surface area contributed by atoms with Crippen LogP contribution in [0.15, 0.2) is 12.1 Å². The second-order valence-corrected chi connectivity index (χ2v) is 5.92. The number of rotatable bonds is 1. The molecular formula is C15H21NO. The van der Waals surface area contributed by atoms with Crippen molar-refractivity contribution in [2.75, 3.05) is 5.32 Å². The fourth-order valence-electron chi connectivity index (χ4n) is 2.91. The standard InChI is InChI=1S/C15H21NO/c1-9-6-14-13(7-12(9)11(3)17)10(2)8-15(4,5)16-14/h6-7,10,16H,8H2,1-5H3/t10-/m1/s1. The highest BCUT2D eigenvalue weighted by molar-refractivity contribution is 5.96. The van der Waals surface area contributed by atoms with E-state index in [9.17, 15) is 4.79 Å². The van der Waals surface area contributed by atoms with Gasteiger partial charge in [0.05, 0.1) is 0 Å². The lowest BCUT2D eigenvalue weighted by Gasteiger charge is -2.38. The van der Waals surface area contributed by atoms with Gasteiger partial charge in [-0.25, -0.2) is 0 Å². The zero-order valence-electron chi connectivity index (χ0n) is 11.3. The van der Waals surface area contributed by atoms with Gasteiger partial charge in [-0.1, -0.05) is 6.92 Å². The predicted octanol–water partition coefficient (Wildman–Crippen LogP) is 3.90. The summed E-state index contributed by atoms with van der Waals surface area (Å²) in [6.07, 6.45) is 1.10. The molecule has 2 heteroatoms. The summed E-state index contributed by atoms with van der Waals surface area (Å²) in [5.41, 5.74) is 4.53. The summed E-state index contributed by atoms with van der Waals surface area (Å²) in [5.74, 6) is 0.655. The number of fused-ring (bicyclic) bond motifs is 1. The van der Waals surface area contributed by atoms with Gasteiger partial charge in [-0.3, -0.25) is 4.79 Å². The molecule has 1 heterocycles. The lowest BCUT2D eigenvalue weighted by molar-refractivity contribution is 0.101. The molecule has 92 valence electrons. The molecule has 0 radical (unpaired) electrons. The average Bonchev–Trinajstić information content (AvgIpc) is 2.13. The van der Waals surface area contributed by atoms with E-state index in [0.717, 1.165) is 17.5 Å². The summed E-state index contributed by atoms with van der Waals surface area (Å²) in [6.45, 7) is 10.3. The molecule has 0 aromatic heterocycles. The predicted molar refractivity (Wildman–Crippen MR) is 71.9 cm³/mol. The van der Waals surface area contributed by atoms with Crippen molar-refractivity contribution in [1.29, 1.82) is 0 Å². The van der Waals surface area contributed by atoms with Crippen molar-refractivity contribution in [3.8, 4) is 0 Å². The second-order valence-electron chi connectivity index (χ2n) is 5.92. The van der Waals surface area contributed by atoms with Gasteiger partial charge in [0.15, 0.2) is 5.78 Å². The highest BCUT2D eigenvalue weighted by Gasteiger charge is 2.29. The van der Waals surface area contributed by atoms with E-state index >= 15 is 0 Å². The Bertz CT molecular complexity index is 474. The van der Waals surface area contributed by atoms with Gasteiger partial charge in [0.25, 0.3) is 0 Å². The fourth-order valence-corrected chi connectivity index (χ4v) is 2.91. The highest BCUT2D eigenvalue weighted by Crippen LogP contribution is 2.39. The van der Waals surface area contributed by atoms with E-state index in [1.54, 1.807) is 6.92 Å². The molecule has 0 bridgehead atoms. The number of hydrogen-bond donors (Lipinski definition) is 1. The molecule has 0 aliphatic carbocycles. The van der Waals surface area contributed by atoms with Crippen molar-refractivity contribution in [2.45, 2.75) is 52.5 Å². The first-order valence-electron chi connectivity index (χ1n) is 6.24. The SMILES string of the molecule is CC(=O)c1cc2c(cc1C)NC(C)(C)C[C@H]2C. The number of hydrogen-bond acceptors (Lipinski definition) is 2. The maximum absolute atomic E-state index is 11.6. The summed E-state index contributed by atoms with van der Waals surface area (Å²) in [6, 6.07) is 4.18. The summed E-state index contributed by atoms with van der Waals surface area (Å²) in [4.78, 5) is 11.6. The third kappa shape index (κ3) is 2.21. The molecule has 0 saturated heterocycles. The molecule has 1 atom stereocenters. The molecule has 2 nitrogen and oxygen atoms in total. The maximum Gasteiger partial charge on any atom is 0.160 e. The monoisotopic (exact) mass is 231 g/mol. The first-order valence-corrected chi connectivity index (χ1v) is 6.24. The van der Waals surface area contributed by atoms with Gasteiger partial charge in [-0.2, -0.15) is 0 Å². The van der Waals surface area contributed by atoms with Crippen molar-refractivity contribution in [1.82, 2.24) is 0 Å². The van der Waals surface area contributed by atoms with Crippen molar-refractivity contribution in [3.05, 3.63) is 28.8 Å². The summed E-state index contributed by atoms with van der Waals surface area (Å²) in [7, 11) is 0. The number of Topliss-reactive ketones (excluding diaryl/α,β-unsaturated/α-hetero) is 1. The normalized spacial score (nSPS) is 21.6. The largest absolute Gasteiger partial charge is 0.380 e. The zero-order chi connectivity index (χ0) is 12.8. The van der Waals surface area contributed by atoms with E-state index in [1.807, 2.05) is 6.92 Å². The quantitative estimate of drug-likeness (QED) is 0.743.